The van der Waals surface area contributed by atoms with Gasteiger partial charge in [0, 0.05) is 0 Å². The van der Waals surface area contributed by atoms with Crippen molar-refractivity contribution in [1.82, 2.24) is 0 Å². The van der Waals surface area contributed by atoms with Gasteiger partial charge in [0.05, 0.1) is 28.4 Å². The number of hydrogen-bond acceptors (Lipinski definition) is 1. The van der Waals surface area contributed by atoms with Gasteiger partial charge in [0.2, 0.25) is 0 Å². The lowest BCUT2D eigenvalue weighted by Gasteiger charge is -2.34. The first-order chi connectivity index (χ1) is 16.7. The van der Waals surface area contributed by atoms with Crippen molar-refractivity contribution in [3.8, 4) is 0 Å². The number of benzene rings is 2. The zero-order valence-electron chi connectivity index (χ0n) is 19.6. The molecule has 0 unspecified atom stereocenters. The SMILES string of the molecule is CC[Si](CC)(CC)OC(c1cc(C(F)(F)F)cc(C(F)(F)F)c1)c1cc(C(F)(F)F)cc(C(F)(F)F)c1. The predicted octanol–water partition coefficient (Wildman–Crippen LogP) is 9.87. The first-order valence-electron chi connectivity index (χ1n) is 10.9. The highest BCUT2D eigenvalue weighted by Gasteiger charge is 2.42. The maximum absolute atomic E-state index is 13.5. The molecule has 1 nitrogen and oxygen atoms in total. The maximum atomic E-state index is 13.5. The Hall–Kier alpha value is -2.22. The second kappa shape index (κ2) is 10.5. The molecule has 2 aromatic carbocycles. The Morgan fingerprint density at radius 1 is 0.514 bits per heavy atom. The van der Waals surface area contributed by atoms with Crippen LogP contribution in [0.3, 0.4) is 0 Å². The van der Waals surface area contributed by atoms with Crippen molar-refractivity contribution in [3.63, 3.8) is 0 Å². The Kier molecular flexibility index (Phi) is 8.80. The van der Waals surface area contributed by atoms with Crippen LogP contribution in [0.2, 0.25) is 18.1 Å². The summed E-state index contributed by atoms with van der Waals surface area (Å²) in [5.74, 6) is 0. The summed E-state index contributed by atoms with van der Waals surface area (Å²) in [6.45, 7) is 4.87. The fourth-order valence-corrected chi connectivity index (χ4v) is 6.61. The summed E-state index contributed by atoms with van der Waals surface area (Å²) in [7, 11) is -3.02. The lowest BCUT2D eigenvalue weighted by atomic mass is 9.94. The Bertz CT molecular complexity index is 931. The number of alkyl halides is 12. The van der Waals surface area contributed by atoms with Crippen LogP contribution < -0.4 is 0 Å². The summed E-state index contributed by atoms with van der Waals surface area (Å²) in [6.07, 6.45) is -23.2. The molecule has 0 heterocycles. The predicted molar refractivity (Wildman–Crippen MR) is 113 cm³/mol. The van der Waals surface area contributed by atoms with Gasteiger partial charge in [-0.15, -0.1) is 0 Å². The normalized spacial score (nSPS) is 13.9. The van der Waals surface area contributed by atoms with Crippen molar-refractivity contribution in [2.75, 3.05) is 0 Å². The highest BCUT2D eigenvalue weighted by atomic mass is 28.4. The number of rotatable bonds is 7. The summed E-state index contributed by atoms with van der Waals surface area (Å²) >= 11 is 0. The van der Waals surface area contributed by atoms with E-state index >= 15 is 0 Å². The zero-order chi connectivity index (χ0) is 28.6. The molecule has 0 aliphatic carbocycles. The van der Waals surface area contributed by atoms with Crippen molar-refractivity contribution in [3.05, 3.63) is 69.8 Å². The van der Waals surface area contributed by atoms with Crippen molar-refractivity contribution in [2.45, 2.75) is 69.7 Å². The Balaban J connectivity index is 2.98. The van der Waals surface area contributed by atoms with Gasteiger partial charge in [0.25, 0.3) is 0 Å². The summed E-state index contributed by atoms with van der Waals surface area (Å²) < 4.78 is 168. The molecule has 0 fully saturated rings. The van der Waals surface area contributed by atoms with Gasteiger partial charge in [0.15, 0.2) is 8.32 Å². The van der Waals surface area contributed by atoms with E-state index in [0.29, 0.717) is 0 Å². The molecule has 0 aliphatic rings. The van der Waals surface area contributed by atoms with E-state index in [-0.39, 0.29) is 54.5 Å². The lowest BCUT2D eigenvalue weighted by Crippen LogP contribution is -2.37. The highest BCUT2D eigenvalue weighted by molar-refractivity contribution is 6.73. The van der Waals surface area contributed by atoms with Crippen LogP contribution in [0.25, 0.3) is 0 Å². The number of halogens is 12. The molecule has 14 heteroatoms. The monoisotopic (exact) mass is 570 g/mol. The minimum absolute atomic E-state index is 0.183. The van der Waals surface area contributed by atoms with Crippen LogP contribution >= 0.6 is 0 Å². The molecular formula is C23H22F12OSi. The minimum Gasteiger partial charge on any atom is -0.406 e. The van der Waals surface area contributed by atoms with Gasteiger partial charge in [-0.05, 0) is 65.7 Å². The van der Waals surface area contributed by atoms with E-state index in [1.165, 1.54) is 0 Å². The fourth-order valence-electron chi connectivity index (χ4n) is 3.84. The first-order valence-corrected chi connectivity index (χ1v) is 13.5. The van der Waals surface area contributed by atoms with Crippen LogP contribution in [-0.2, 0) is 29.1 Å². The van der Waals surface area contributed by atoms with Gasteiger partial charge >= 0.3 is 24.7 Å². The van der Waals surface area contributed by atoms with Crippen LogP contribution in [0, 0.1) is 0 Å². The van der Waals surface area contributed by atoms with E-state index in [4.69, 9.17) is 4.43 Å². The average molecular weight is 570 g/mol. The van der Waals surface area contributed by atoms with Crippen molar-refractivity contribution < 1.29 is 57.1 Å². The van der Waals surface area contributed by atoms with Crippen LogP contribution in [0.1, 0.15) is 60.3 Å². The van der Waals surface area contributed by atoms with Gasteiger partial charge in [-0.1, -0.05) is 20.8 Å². The van der Waals surface area contributed by atoms with E-state index in [1.54, 1.807) is 20.8 Å². The van der Waals surface area contributed by atoms with Gasteiger partial charge in [-0.3, -0.25) is 0 Å². The Morgan fingerprint density at radius 2 is 0.757 bits per heavy atom. The van der Waals surface area contributed by atoms with E-state index < -0.39 is 72.5 Å². The van der Waals surface area contributed by atoms with E-state index in [2.05, 4.69) is 0 Å². The standard InChI is InChI=1S/C23H22F12OSi/c1-4-37(5-2,6-3)36-19(13-7-15(20(24,25)26)11-16(8-13)21(27,28)29)14-9-17(22(30,31)32)12-18(10-14)23(33,34)35/h7-12,19H,4-6H2,1-3H3. The highest BCUT2D eigenvalue weighted by Crippen LogP contribution is 2.44. The molecule has 0 aliphatic heterocycles. The molecule has 0 saturated carbocycles. The Morgan fingerprint density at radius 3 is 0.946 bits per heavy atom. The molecule has 2 rings (SSSR count). The third-order valence-electron chi connectivity index (χ3n) is 6.13. The minimum atomic E-state index is -5.29. The second-order valence-corrected chi connectivity index (χ2v) is 13.1. The molecule has 37 heavy (non-hydrogen) atoms. The van der Waals surface area contributed by atoms with Gasteiger partial charge in [-0.2, -0.15) is 52.7 Å². The molecule has 0 aromatic heterocycles. The van der Waals surface area contributed by atoms with Crippen molar-refractivity contribution in [2.24, 2.45) is 0 Å². The smallest absolute Gasteiger partial charge is 0.406 e. The van der Waals surface area contributed by atoms with Crippen molar-refractivity contribution >= 4 is 8.32 Å². The summed E-state index contributed by atoms with van der Waals surface area (Å²) in [6, 6.07) is 1.43. The van der Waals surface area contributed by atoms with E-state index in [9.17, 15) is 52.7 Å². The van der Waals surface area contributed by atoms with Gasteiger partial charge in [-0.25, -0.2) is 0 Å². The van der Waals surface area contributed by atoms with Crippen LogP contribution in [0.4, 0.5) is 52.7 Å². The summed E-state index contributed by atoms with van der Waals surface area (Å²) in [4.78, 5) is 0. The maximum Gasteiger partial charge on any atom is 0.416 e. The largest absolute Gasteiger partial charge is 0.416 e. The number of hydrogen-bond donors (Lipinski definition) is 0. The van der Waals surface area contributed by atoms with Gasteiger partial charge < -0.3 is 4.43 Å². The van der Waals surface area contributed by atoms with Crippen LogP contribution in [-0.4, -0.2) is 8.32 Å². The first kappa shape index (κ1) is 31.0. The molecule has 0 radical (unpaired) electrons. The molecule has 2 aromatic rings. The molecule has 0 saturated heterocycles. The molecular weight excluding hydrogens is 548 g/mol. The summed E-state index contributed by atoms with van der Waals surface area (Å²) in [5, 5.41) is 0. The molecule has 208 valence electrons. The third kappa shape index (κ3) is 7.42. The summed E-state index contributed by atoms with van der Waals surface area (Å²) in [5.41, 5.74) is -8.81. The third-order valence-corrected chi connectivity index (χ3v) is 10.7. The fraction of sp³-hybridized carbons (Fsp3) is 0.478. The molecule has 0 amide bonds. The second-order valence-electron chi connectivity index (χ2n) is 8.42. The molecule has 0 N–H and O–H groups in total. The topological polar surface area (TPSA) is 9.23 Å². The molecule has 0 bridgehead atoms. The van der Waals surface area contributed by atoms with E-state index in [1.807, 2.05) is 0 Å². The van der Waals surface area contributed by atoms with Gasteiger partial charge in [0.1, 0.15) is 0 Å². The van der Waals surface area contributed by atoms with E-state index in [0.717, 1.165) is 0 Å². The quantitative estimate of drug-likeness (QED) is 0.238. The molecule has 0 spiro atoms. The van der Waals surface area contributed by atoms with Crippen LogP contribution in [0.15, 0.2) is 36.4 Å². The zero-order valence-corrected chi connectivity index (χ0v) is 20.6. The lowest BCUT2D eigenvalue weighted by molar-refractivity contribution is -0.144. The Labute approximate surface area is 205 Å². The average Bonchev–Trinajstić information content (AvgIpc) is 2.77. The molecule has 0 atom stereocenters. The van der Waals surface area contributed by atoms with Crippen molar-refractivity contribution in [1.29, 1.82) is 0 Å². The van der Waals surface area contributed by atoms with Crippen LogP contribution in [0.5, 0.6) is 0 Å².